The molecule has 0 bridgehead atoms. The third kappa shape index (κ3) is 6.18. The minimum Gasteiger partial charge on any atom is -0.388 e. The first kappa shape index (κ1) is 26.2. The van der Waals surface area contributed by atoms with E-state index in [1.165, 1.54) is 69.9 Å². The highest BCUT2D eigenvalue weighted by Crippen LogP contribution is 2.46. The van der Waals surface area contributed by atoms with Crippen LogP contribution in [0.5, 0.6) is 0 Å². The van der Waals surface area contributed by atoms with Gasteiger partial charge in [0.1, 0.15) is 23.7 Å². The lowest BCUT2D eigenvalue weighted by Crippen LogP contribution is -2.57. The molecular formula is C28H41F3N2O3. The first-order valence-electron chi connectivity index (χ1n) is 14.0. The van der Waals surface area contributed by atoms with Crippen LogP contribution in [-0.2, 0) is 10.9 Å². The minimum absolute atomic E-state index is 0.00635. The van der Waals surface area contributed by atoms with Gasteiger partial charge in [-0.2, -0.15) is 13.2 Å². The van der Waals surface area contributed by atoms with Gasteiger partial charge in [-0.25, -0.2) is 4.98 Å². The summed E-state index contributed by atoms with van der Waals surface area (Å²) < 4.78 is 44.9. The zero-order chi connectivity index (χ0) is 25.3. The summed E-state index contributed by atoms with van der Waals surface area (Å²) in [5.74, 6) is 3.60. The number of alkyl halides is 3. The molecule has 3 saturated carbocycles. The number of pyridine rings is 1. The maximum absolute atomic E-state index is 13.0. The normalized spacial score (nSPS) is 38.0. The smallest absolute Gasteiger partial charge is 0.388 e. The van der Waals surface area contributed by atoms with Crippen LogP contribution in [0.1, 0.15) is 82.7 Å². The molecule has 8 heteroatoms. The number of anilines is 1. The number of nitrogens with zero attached hydrogens (tertiary/aromatic N) is 1. The van der Waals surface area contributed by atoms with E-state index in [-0.39, 0.29) is 18.3 Å². The summed E-state index contributed by atoms with van der Waals surface area (Å²) in [5, 5.41) is 24.4. The number of aromatic nitrogens is 1. The van der Waals surface area contributed by atoms with E-state index in [4.69, 9.17) is 4.74 Å². The zero-order valence-electron chi connectivity index (χ0n) is 21.0. The Bertz CT molecular complexity index is 863. The quantitative estimate of drug-likeness (QED) is 0.432. The molecule has 3 aliphatic carbocycles. The summed E-state index contributed by atoms with van der Waals surface area (Å²) in [6.07, 6.45) is 8.54. The van der Waals surface area contributed by atoms with Gasteiger partial charge in [0.05, 0.1) is 18.8 Å². The Hall–Kier alpha value is -1.38. The fourth-order valence-corrected chi connectivity index (χ4v) is 7.67. The Balaban J connectivity index is 1.09. The number of hydrogen-bond acceptors (Lipinski definition) is 5. The number of aliphatic hydroxyl groups is 2. The second-order valence-electron chi connectivity index (χ2n) is 12.0. The molecule has 1 aromatic heterocycles. The highest BCUT2D eigenvalue weighted by atomic mass is 19.4. The molecule has 3 N–H and O–H groups in total. The fourth-order valence-electron chi connectivity index (χ4n) is 7.67. The van der Waals surface area contributed by atoms with Crippen molar-refractivity contribution < 1.29 is 28.1 Å². The lowest BCUT2D eigenvalue weighted by atomic mass is 9.86. The summed E-state index contributed by atoms with van der Waals surface area (Å²) in [5.41, 5.74) is -0.999. The molecule has 8 atom stereocenters. The molecule has 0 radical (unpaired) electrons. The van der Waals surface area contributed by atoms with Crippen molar-refractivity contribution in [1.29, 1.82) is 0 Å². The van der Waals surface area contributed by atoms with Crippen molar-refractivity contribution in [3.63, 3.8) is 0 Å². The molecule has 4 aliphatic rings. The molecule has 5 unspecified atom stereocenters. The lowest BCUT2D eigenvalue weighted by Gasteiger charge is -2.40. The molecule has 2 heterocycles. The fraction of sp³-hybridized carbons (Fsp3) is 0.821. The van der Waals surface area contributed by atoms with E-state index in [0.717, 1.165) is 43.1 Å². The minimum atomic E-state index is -4.54. The predicted molar refractivity (Wildman–Crippen MR) is 131 cm³/mol. The Morgan fingerprint density at radius 3 is 2.25 bits per heavy atom. The maximum Gasteiger partial charge on any atom is 0.433 e. The summed E-state index contributed by atoms with van der Waals surface area (Å²) >= 11 is 0. The van der Waals surface area contributed by atoms with Gasteiger partial charge < -0.3 is 20.3 Å². The second kappa shape index (κ2) is 11.2. The van der Waals surface area contributed by atoms with E-state index in [9.17, 15) is 23.4 Å². The van der Waals surface area contributed by atoms with Crippen LogP contribution >= 0.6 is 0 Å². The van der Waals surface area contributed by atoms with E-state index in [0.29, 0.717) is 5.92 Å². The monoisotopic (exact) mass is 510 g/mol. The Kier molecular flexibility index (Phi) is 8.13. The largest absolute Gasteiger partial charge is 0.433 e. The van der Waals surface area contributed by atoms with Gasteiger partial charge >= 0.3 is 6.18 Å². The molecule has 202 valence electrons. The van der Waals surface area contributed by atoms with E-state index >= 15 is 0 Å². The SMILES string of the molecule is O[C@@H]1[C@@H](Nc2cccc(C(F)(F)F)n2)COC(C2CCC(CC3CCC(CC4CCCC4)C3)C2)[C@@H]1O. The van der Waals surface area contributed by atoms with E-state index in [2.05, 4.69) is 10.3 Å². The summed E-state index contributed by atoms with van der Waals surface area (Å²) in [6.45, 7) is 0.119. The molecule has 0 spiro atoms. The van der Waals surface area contributed by atoms with Crippen molar-refractivity contribution in [2.45, 2.75) is 108 Å². The topological polar surface area (TPSA) is 74.6 Å². The van der Waals surface area contributed by atoms with Crippen LogP contribution in [0.15, 0.2) is 18.2 Å². The van der Waals surface area contributed by atoms with Crippen molar-refractivity contribution in [2.75, 3.05) is 11.9 Å². The van der Waals surface area contributed by atoms with Crippen LogP contribution in [0.2, 0.25) is 0 Å². The van der Waals surface area contributed by atoms with Gasteiger partial charge in [0, 0.05) is 0 Å². The molecule has 5 rings (SSSR count). The van der Waals surface area contributed by atoms with Gasteiger partial charge in [0.2, 0.25) is 0 Å². The summed E-state index contributed by atoms with van der Waals surface area (Å²) in [4.78, 5) is 3.60. The van der Waals surface area contributed by atoms with Crippen molar-refractivity contribution >= 4 is 5.82 Å². The van der Waals surface area contributed by atoms with Crippen LogP contribution in [-0.4, -0.2) is 46.2 Å². The van der Waals surface area contributed by atoms with Gasteiger partial charge in [-0.15, -0.1) is 0 Å². The lowest BCUT2D eigenvalue weighted by molar-refractivity contribution is -0.158. The third-order valence-corrected chi connectivity index (χ3v) is 9.44. The van der Waals surface area contributed by atoms with Crippen LogP contribution in [0.3, 0.4) is 0 Å². The van der Waals surface area contributed by atoms with Gasteiger partial charge in [-0.1, -0.05) is 51.0 Å². The summed E-state index contributed by atoms with van der Waals surface area (Å²) in [7, 11) is 0. The first-order chi connectivity index (χ1) is 17.3. The molecule has 1 aromatic rings. The number of ether oxygens (including phenoxy) is 1. The van der Waals surface area contributed by atoms with Gasteiger partial charge in [0.15, 0.2) is 0 Å². The van der Waals surface area contributed by atoms with E-state index in [1.54, 1.807) is 0 Å². The summed E-state index contributed by atoms with van der Waals surface area (Å²) in [6, 6.07) is 2.87. The van der Waals surface area contributed by atoms with Crippen molar-refractivity contribution in [1.82, 2.24) is 4.98 Å². The Labute approximate surface area is 212 Å². The Morgan fingerprint density at radius 2 is 1.53 bits per heavy atom. The number of hydrogen-bond donors (Lipinski definition) is 3. The average Bonchev–Trinajstić information content (AvgIpc) is 3.61. The van der Waals surface area contributed by atoms with Crippen LogP contribution in [0.4, 0.5) is 19.0 Å². The van der Waals surface area contributed by atoms with Gasteiger partial charge in [0.25, 0.3) is 0 Å². The zero-order valence-corrected chi connectivity index (χ0v) is 21.0. The van der Waals surface area contributed by atoms with Crippen molar-refractivity contribution in [2.24, 2.45) is 29.6 Å². The number of halogens is 3. The van der Waals surface area contributed by atoms with Gasteiger partial charge in [-0.3, -0.25) is 0 Å². The van der Waals surface area contributed by atoms with Crippen molar-refractivity contribution in [3.05, 3.63) is 23.9 Å². The van der Waals surface area contributed by atoms with Gasteiger partial charge in [-0.05, 0) is 73.8 Å². The predicted octanol–water partition coefficient (Wildman–Crippen LogP) is 5.80. The number of rotatable bonds is 7. The average molecular weight is 511 g/mol. The van der Waals surface area contributed by atoms with Crippen LogP contribution < -0.4 is 5.32 Å². The number of aliphatic hydroxyl groups excluding tert-OH is 2. The van der Waals surface area contributed by atoms with Crippen molar-refractivity contribution in [3.8, 4) is 0 Å². The Morgan fingerprint density at radius 1 is 0.861 bits per heavy atom. The first-order valence-corrected chi connectivity index (χ1v) is 14.0. The molecule has 4 fully saturated rings. The third-order valence-electron chi connectivity index (χ3n) is 9.44. The van der Waals surface area contributed by atoms with Crippen LogP contribution in [0.25, 0.3) is 0 Å². The second-order valence-corrected chi connectivity index (χ2v) is 12.0. The highest BCUT2D eigenvalue weighted by Gasteiger charge is 2.45. The molecule has 1 aliphatic heterocycles. The standard InChI is InChI=1S/C28H41F3N2O3/c29-28(30,31)23-6-3-7-24(33-23)32-22-16-36-27(26(35)25(22)34)21-11-10-20(15-21)14-19-9-8-18(13-19)12-17-4-1-2-5-17/h3,6-7,17-22,25-27,34-35H,1-2,4-5,8-16H2,(H,32,33)/t18?,19?,20?,21?,22-,25+,26+,27?/m0/s1. The van der Waals surface area contributed by atoms with Crippen LogP contribution in [0, 0.1) is 29.6 Å². The molecule has 5 nitrogen and oxygen atoms in total. The number of nitrogens with one attached hydrogen (secondary N) is 1. The molecule has 36 heavy (non-hydrogen) atoms. The van der Waals surface area contributed by atoms with E-state index < -0.39 is 36.2 Å². The molecule has 1 saturated heterocycles. The molecule has 0 amide bonds. The maximum atomic E-state index is 13.0. The molecule has 0 aromatic carbocycles. The molecular weight excluding hydrogens is 469 g/mol. The highest BCUT2D eigenvalue weighted by molar-refractivity contribution is 5.38. The van der Waals surface area contributed by atoms with E-state index in [1.807, 2.05) is 0 Å².